The van der Waals surface area contributed by atoms with E-state index >= 15 is 0 Å². The quantitative estimate of drug-likeness (QED) is 0.557. The minimum atomic E-state index is -4.50. The first-order valence-corrected chi connectivity index (χ1v) is 10.6. The molecule has 0 saturated carbocycles. The zero-order chi connectivity index (χ0) is 24.1. The van der Waals surface area contributed by atoms with Crippen molar-refractivity contribution >= 4 is 23.4 Å². The lowest BCUT2D eigenvalue weighted by atomic mass is 9.90. The fourth-order valence-corrected chi connectivity index (χ4v) is 4.64. The number of fused-ring (bicyclic) bond motifs is 3. The summed E-state index contributed by atoms with van der Waals surface area (Å²) in [7, 11) is 0. The number of carbonyl (C=O) groups is 2. The number of ether oxygens (including phenoxy) is 1. The van der Waals surface area contributed by atoms with Gasteiger partial charge in [-0.05, 0) is 24.3 Å². The molecule has 2 aromatic heterocycles. The first-order valence-electron chi connectivity index (χ1n) is 10.2. The molecule has 0 aliphatic carbocycles. The third kappa shape index (κ3) is 3.45. The third-order valence-corrected chi connectivity index (χ3v) is 6.11. The number of nitrogens with zero attached hydrogens (tertiary/aromatic N) is 4. The molecule has 2 amide bonds. The fourth-order valence-electron chi connectivity index (χ4n) is 4.51. The van der Waals surface area contributed by atoms with E-state index in [4.69, 9.17) is 11.6 Å². The molecule has 1 unspecified atom stereocenters. The molecule has 7 nitrogen and oxygen atoms in total. The van der Waals surface area contributed by atoms with Gasteiger partial charge in [-0.3, -0.25) is 14.6 Å². The molecule has 0 spiro atoms. The van der Waals surface area contributed by atoms with E-state index in [-0.39, 0.29) is 30.4 Å². The van der Waals surface area contributed by atoms with Crippen molar-refractivity contribution in [1.82, 2.24) is 19.8 Å². The number of carbonyl (C=O) groups excluding carboxylic acids is 2. The zero-order valence-electron chi connectivity index (χ0n) is 17.4. The Kier molecular flexibility index (Phi) is 5.20. The molecule has 4 heterocycles. The fraction of sp³-hybridized carbons (Fsp3) is 0.217. The van der Waals surface area contributed by atoms with E-state index < -0.39 is 24.4 Å². The molecule has 1 atom stereocenters. The van der Waals surface area contributed by atoms with Crippen LogP contribution in [0.5, 0.6) is 5.88 Å². The average Bonchev–Trinajstić information content (AvgIpc) is 3.33. The van der Waals surface area contributed by atoms with Crippen LogP contribution in [-0.4, -0.2) is 57.5 Å². The molecule has 174 valence electrons. The lowest BCUT2D eigenvalue weighted by Crippen LogP contribution is -2.51. The first-order chi connectivity index (χ1) is 16.2. The summed E-state index contributed by atoms with van der Waals surface area (Å²) in [6.45, 7) is -0.976. The summed E-state index contributed by atoms with van der Waals surface area (Å²) in [6, 6.07) is 11.0. The predicted octanol–water partition coefficient (Wildman–Crippen LogP) is 3.88. The zero-order valence-corrected chi connectivity index (χ0v) is 18.2. The number of benzene rings is 1. The van der Waals surface area contributed by atoms with Gasteiger partial charge in [0, 0.05) is 53.9 Å². The van der Waals surface area contributed by atoms with Crippen molar-refractivity contribution in [1.29, 1.82) is 0 Å². The normalized spacial score (nSPS) is 19.2. The standard InChI is InChI=1S/C23H16ClF3N4O3/c24-16-4-2-15(3-5-16)23-18-12-28-8-7-17(18)21(33)31(23)10-9-30(23)20(32)14-1-6-19(29-11-14)34-13-22(25,26)27/h1-8,11-12H,9-10,13H2. The Balaban J connectivity index is 1.56. The van der Waals surface area contributed by atoms with Gasteiger partial charge in [-0.1, -0.05) is 23.7 Å². The van der Waals surface area contributed by atoms with Gasteiger partial charge in [0.15, 0.2) is 12.3 Å². The molecule has 2 aliphatic heterocycles. The van der Waals surface area contributed by atoms with Crippen LogP contribution in [0.1, 0.15) is 31.8 Å². The molecule has 5 rings (SSSR count). The molecule has 0 radical (unpaired) electrons. The second-order valence-electron chi connectivity index (χ2n) is 7.80. The van der Waals surface area contributed by atoms with Crippen molar-refractivity contribution in [2.45, 2.75) is 11.8 Å². The number of rotatable bonds is 4. The number of amides is 2. The van der Waals surface area contributed by atoms with Crippen LogP contribution < -0.4 is 4.74 Å². The van der Waals surface area contributed by atoms with Crippen LogP contribution in [0.15, 0.2) is 61.1 Å². The van der Waals surface area contributed by atoms with Crippen molar-refractivity contribution in [2.75, 3.05) is 19.7 Å². The Morgan fingerprint density at radius 1 is 1.09 bits per heavy atom. The summed E-state index contributed by atoms with van der Waals surface area (Å²) in [5.41, 5.74) is 0.552. The number of hydrogen-bond donors (Lipinski definition) is 0. The maximum absolute atomic E-state index is 13.7. The second-order valence-corrected chi connectivity index (χ2v) is 8.24. The third-order valence-electron chi connectivity index (χ3n) is 5.86. The summed E-state index contributed by atoms with van der Waals surface area (Å²) < 4.78 is 41.8. The van der Waals surface area contributed by atoms with Crippen molar-refractivity contribution in [3.05, 3.63) is 88.3 Å². The largest absolute Gasteiger partial charge is 0.468 e. The molecule has 2 aliphatic rings. The van der Waals surface area contributed by atoms with Crippen molar-refractivity contribution in [3.63, 3.8) is 0 Å². The highest BCUT2D eigenvalue weighted by Gasteiger charge is 2.59. The van der Waals surface area contributed by atoms with Crippen LogP contribution in [0.2, 0.25) is 5.02 Å². The van der Waals surface area contributed by atoms with Crippen LogP contribution in [0.3, 0.4) is 0 Å². The lowest BCUT2D eigenvalue weighted by molar-refractivity contribution is -0.154. The molecule has 3 aromatic rings. The summed E-state index contributed by atoms with van der Waals surface area (Å²) in [5, 5.41) is 0.497. The first kappa shape index (κ1) is 22.1. The number of alkyl halides is 3. The number of hydrogen-bond acceptors (Lipinski definition) is 5. The van der Waals surface area contributed by atoms with Crippen LogP contribution in [0.25, 0.3) is 0 Å². The maximum atomic E-state index is 13.7. The highest BCUT2D eigenvalue weighted by atomic mass is 35.5. The van der Waals surface area contributed by atoms with Gasteiger partial charge in [-0.15, -0.1) is 0 Å². The van der Waals surface area contributed by atoms with E-state index in [9.17, 15) is 22.8 Å². The molecule has 0 bridgehead atoms. The van der Waals surface area contributed by atoms with E-state index in [1.54, 1.807) is 46.3 Å². The summed E-state index contributed by atoms with van der Waals surface area (Å²) >= 11 is 6.09. The highest BCUT2D eigenvalue weighted by molar-refractivity contribution is 6.30. The number of halogens is 4. The number of pyridine rings is 2. The number of aromatic nitrogens is 2. The van der Waals surface area contributed by atoms with Gasteiger partial charge in [0.1, 0.15) is 0 Å². The smallest absolute Gasteiger partial charge is 0.422 e. The van der Waals surface area contributed by atoms with Gasteiger partial charge in [0.25, 0.3) is 11.8 Å². The van der Waals surface area contributed by atoms with Gasteiger partial charge in [-0.2, -0.15) is 13.2 Å². The molecular formula is C23H16ClF3N4O3. The Hall–Kier alpha value is -3.66. The molecule has 1 aromatic carbocycles. The molecule has 0 N–H and O–H groups in total. The Bertz CT molecular complexity index is 1270. The average molecular weight is 489 g/mol. The topological polar surface area (TPSA) is 75.6 Å². The molecule has 34 heavy (non-hydrogen) atoms. The lowest BCUT2D eigenvalue weighted by Gasteiger charge is -2.40. The molecule has 1 saturated heterocycles. The van der Waals surface area contributed by atoms with Crippen LogP contribution >= 0.6 is 11.6 Å². The summed E-state index contributed by atoms with van der Waals surface area (Å²) in [4.78, 5) is 38.1. The predicted molar refractivity (Wildman–Crippen MR) is 114 cm³/mol. The summed E-state index contributed by atoms with van der Waals surface area (Å²) in [5.74, 6) is -0.927. The molecule has 1 fully saturated rings. The van der Waals surface area contributed by atoms with Gasteiger partial charge in [0.05, 0.1) is 11.1 Å². The van der Waals surface area contributed by atoms with Crippen LogP contribution in [0, 0.1) is 0 Å². The van der Waals surface area contributed by atoms with Crippen molar-refractivity contribution in [2.24, 2.45) is 0 Å². The van der Waals surface area contributed by atoms with E-state index in [2.05, 4.69) is 14.7 Å². The van der Waals surface area contributed by atoms with Gasteiger partial charge in [-0.25, -0.2) is 4.98 Å². The van der Waals surface area contributed by atoms with Crippen LogP contribution in [-0.2, 0) is 5.66 Å². The van der Waals surface area contributed by atoms with E-state index in [0.717, 1.165) is 6.20 Å². The van der Waals surface area contributed by atoms with E-state index in [0.29, 0.717) is 21.7 Å². The highest BCUT2D eigenvalue weighted by Crippen LogP contribution is 2.49. The van der Waals surface area contributed by atoms with Gasteiger partial charge < -0.3 is 14.5 Å². The van der Waals surface area contributed by atoms with Crippen molar-refractivity contribution in [3.8, 4) is 5.88 Å². The van der Waals surface area contributed by atoms with Gasteiger partial charge in [0.2, 0.25) is 5.88 Å². The Morgan fingerprint density at radius 2 is 1.85 bits per heavy atom. The molecular weight excluding hydrogens is 473 g/mol. The molecule has 11 heteroatoms. The minimum absolute atomic E-state index is 0.138. The second kappa shape index (κ2) is 7.98. The van der Waals surface area contributed by atoms with Gasteiger partial charge >= 0.3 is 6.18 Å². The van der Waals surface area contributed by atoms with Crippen molar-refractivity contribution < 1.29 is 27.5 Å². The summed E-state index contributed by atoms with van der Waals surface area (Å²) in [6.07, 6.45) is -0.256. The monoisotopic (exact) mass is 488 g/mol. The Labute approximate surface area is 196 Å². The van der Waals surface area contributed by atoms with E-state index in [1.807, 2.05) is 0 Å². The Morgan fingerprint density at radius 3 is 2.53 bits per heavy atom. The van der Waals surface area contributed by atoms with E-state index in [1.165, 1.54) is 18.3 Å². The van der Waals surface area contributed by atoms with Crippen LogP contribution in [0.4, 0.5) is 13.2 Å². The maximum Gasteiger partial charge on any atom is 0.422 e. The SMILES string of the molecule is O=C(c1ccc(OCC(F)(F)F)nc1)N1CCN2C(=O)c3ccncc3C12c1ccc(Cl)cc1. The minimum Gasteiger partial charge on any atom is -0.468 e.